The van der Waals surface area contributed by atoms with Gasteiger partial charge in [0.2, 0.25) is 0 Å². The zero-order valence-corrected chi connectivity index (χ0v) is 19.9. The van der Waals surface area contributed by atoms with E-state index in [1.54, 1.807) is 32.2 Å². The van der Waals surface area contributed by atoms with Crippen molar-refractivity contribution in [2.24, 2.45) is 5.73 Å². The van der Waals surface area contributed by atoms with Gasteiger partial charge in [-0.2, -0.15) is 10.4 Å². The van der Waals surface area contributed by atoms with Crippen LogP contribution >= 0.6 is 0 Å². The van der Waals surface area contributed by atoms with Gasteiger partial charge in [0.05, 0.1) is 11.5 Å². The lowest BCUT2D eigenvalue weighted by molar-refractivity contribution is 0.0941. The Balaban J connectivity index is 1.36. The second-order valence-corrected chi connectivity index (χ2v) is 9.43. The van der Waals surface area contributed by atoms with Crippen LogP contribution in [0.15, 0.2) is 41.1 Å². The lowest BCUT2D eigenvalue weighted by atomic mass is 9.92. The summed E-state index contributed by atoms with van der Waals surface area (Å²) in [5.74, 6) is 0.0515. The van der Waals surface area contributed by atoms with E-state index in [9.17, 15) is 10.1 Å². The molecule has 11 heteroatoms. The van der Waals surface area contributed by atoms with Crippen molar-refractivity contribution in [3.8, 4) is 17.2 Å². The Bertz CT molecular complexity index is 1480. The van der Waals surface area contributed by atoms with Crippen LogP contribution in [0.4, 0.5) is 10.2 Å². The first kappa shape index (κ1) is 23.4. The first-order valence-corrected chi connectivity index (χ1v) is 11.6. The molecular weight excluding hydrogens is 463 g/mol. The molecule has 4 N–H and O–H groups in total. The lowest BCUT2D eigenvalue weighted by Gasteiger charge is -2.16. The van der Waals surface area contributed by atoms with Crippen LogP contribution in [-0.2, 0) is 12.0 Å². The number of carbonyl (C=O) groups is 1. The number of rotatable bonds is 6. The second kappa shape index (κ2) is 9.05. The zero-order valence-electron chi connectivity index (χ0n) is 19.9. The number of benzene rings is 1. The van der Waals surface area contributed by atoms with Crippen LogP contribution < -0.4 is 16.0 Å². The molecule has 1 saturated heterocycles. The van der Waals surface area contributed by atoms with Crippen molar-refractivity contribution >= 4 is 22.8 Å². The molecule has 0 unspecified atom stereocenters. The quantitative estimate of drug-likeness (QED) is 0.375. The fourth-order valence-electron chi connectivity index (χ4n) is 4.24. The Morgan fingerprint density at radius 3 is 2.94 bits per heavy atom. The number of nitrogens with two attached hydrogens (primary N) is 1. The van der Waals surface area contributed by atoms with Crippen molar-refractivity contribution in [2.45, 2.75) is 38.3 Å². The predicted molar refractivity (Wildman–Crippen MR) is 130 cm³/mol. The number of hydrogen-bond acceptors (Lipinski definition) is 8. The summed E-state index contributed by atoms with van der Waals surface area (Å²) in [6.45, 7) is 4.78. The van der Waals surface area contributed by atoms with Crippen LogP contribution in [0.3, 0.4) is 0 Å². The standard InChI is InChI=1S/C25H25FN8O2/c1-25(2,13-27)20-10-19(33-36-20)24(35)30-11-15-4-3-14(9-18(15)26)17-5-7-29-22-21(17)23(32-31-22)34-8-6-16(28)12-34/h3-5,7,9-10,16H,6,8,11-12,28H2,1-2H3,(H,30,35)(H,29,31,32)/t16-/m1/s1. The van der Waals surface area contributed by atoms with Crippen molar-refractivity contribution < 1.29 is 13.7 Å². The smallest absolute Gasteiger partial charge is 0.273 e. The summed E-state index contributed by atoms with van der Waals surface area (Å²) in [7, 11) is 0. The number of nitrogens with one attached hydrogen (secondary N) is 2. The molecule has 1 atom stereocenters. The minimum absolute atomic E-state index is 0.0265. The molecule has 0 spiro atoms. The average Bonchev–Trinajstić information content (AvgIpc) is 3.62. The van der Waals surface area contributed by atoms with Crippen molar-refractivity contribution in [1.82, 2.24) is 25.7 Å². The number of pyridine rings is 1. The molecule has 1 fully saturated rings. The van der Waals surface area contributed by atoms with Gasteiger partial charge < -0.3 is 20.5 Å². The highest BCUT2D eigenvalue weighted by Crippen LogP contribution is 2.35. The number of H-pyrrole nitrogens is 1. The van der Waals surface area contributed by atoms with Crippen molar-refractivity contribution in [3.05, 3.63) is 59.4 Å². The fraction of sp³-hybridized carbons (Fsp3) is 0.320. The summed E-state index contributed by atoms with van der Waals surface area (Å²) in [6.07, 6.45) is 2.53. The monoisotopic (exact) mass is 488 g/mol. The second-order valence-electron chi connectivity index (χ2n) is 9.43. The van der Waals surface area contributed by atoms with E-state index >= 15 is 4.39 Å². The summed E-state index contributed by atoms with van der Waals surface area (Å²) >= 11 is 0. The van der Waals surface area contributed by atoms with Gasteiger partial charge in [0.1, 0.15) is 11.2 Å². The Kier molecular flexibility index (Phi) is 5.89. The van der Waals surface area contributed by atoms with Gasteiger partial charge in [-0.05, 0) is 43.5 Å². The molecule has 0 bridgehead atoms. The summed E-state index contributed by atoms with van der Waals surface area (Å²) in [6, 6.07) is 10.3. The first-order valence-electron chi connectivity index (χ1n) is 11.6. The van der Waals surface area contributed by atoms with Crippen molar-refractivity contribution in [3.63, 3.8) is 0 Å². The van der Waals surface area contributed by atoms with Gasteiger partial charge in [0.15, 0.2) is 22.9 Å². The van der Waals surface area contributed by atoms with Gasteiger partial charge in [-0.1, -0.05) is 17.3 Å². The Labute approximate surface area is 206 Å². The molecule has 1 amide bonds. The number of carbonyl (C=O) groups excluding carboxylic acids is 1. The van der Waals surface area contributed by atoms with Crippen LogP contribution in [0, 0.1) is 17.1 Å². The van der Waals surface area contributed by atoms with E-state index < -0.39 is 17.1 Å². The lowest BCUT2D eigenvalue weighted by Crippen LogP contribution is -2.26. The number of nitriles is 1. The van der Waals surface area contributed by atoms with E-state index in [0.29, 0.717) is 23.3 Å². The highest BCUT2D eigenvalue weighted by Gasteiger charge is 2.27. The maximum absolute atomic E-state index is 15.1. The number of anilines is 1. The molecule has 0 aliphatic carbocycles. The van der Waals surface area contributed by atoms with E-state index in [0.717, 1.165) is 29.7 Å². The third-order valence-electron chi connectivity index (χ3n) is 6.41. The summed E-state index contributed by atoms with van der Waals surface area (Å²) in [5.41, 5.74) is 7.59. The number of nitrogens with zero attached hydrogens (tertiary/aromatic N) is 5. The average molecular weight is 489 g/mol. The molecule has 5 rings (SSSR count). The predicted octanol–water partition coefficient (Wildman–Crippen LogP) is 3.02. The highest BCUT2D eigenvalue weighted by atomic mass is 19.1. The molecule has 1 aromatic carbocycles. The van der Waals surface area contributed by atoms with Crippen molar-refractivity contribution in [1.29, 1.82) is 5.26 Å². The van der Waals surface area contributed by atoms with E-state index in [2.05, 4.69) is 36.6 Å². The molecule has 4 heterocycles. The van der Waals surface area contributed by atoms with Gasteiger partial charge in [-0.25, -0.2) is 9.37 Å². The zero-order chi connectivity index (χ0) is 25.4. The highest BCUT2D eigenvalue weighted by molar-refractivity contribution is 6.00. The van der Waals surface area contributed by atoms with Crippen molar-refractivity contribution in [2.75, 3.05) is 18.0 Å². The number of aromatic nitrogens is 4. The van der Waals surface area contributed by atoms with E-state index in [-0.39, 0.29) is 24.0 Å². The normalized spacial score (nSPS) is 15.9. The molecule has 0 radical (unpaired) electrons. The molecular formula is C25H25FN8O2. The number of hydrogen-bond donors (Lipinski definition) is 3. The Morgan fingerprint density at radius 2 is 2.22 bits per heavy atom. The van der Waals surface area contributed by atoms with Crippen LogP contribution in [0.5, 0.6) is 0 Å². The van der Waals surface area contributed by atoms with E-state index in [1.165, 1.54) is 12.1 Å². The maximum Gasteiger partial charge on any atom is 0.273 e. The molecule has 4 aromatic rings. The number of halogens is 1. The van der Waals surface area contributed by atoms with Gasteiger partial charge in [0, 0.05) is 43.5 Å². The molecule has 36 heavy (non-hydrogen) atoms. The van der Waals surface area contributed by atoms with E-state index in [4.69, 9.17) is 10.3 Å². The van der Waals surface area contributed by atoms with Gasteiger partial charge in [-0.3, -0.25) is 9.89 Å². The number of fused-ring (bicyclic) bond motifs is 1. The maximum atomic E-state index is 15.1. The van der Waals surface area contributed by atoms with Gasteiger partial charge in [0.25, 0.3) is 5.91 Å². The fourth-order valence-corrected chi connectivity index (χ4v) is 4.24. The minimum atomic E-state index is -0.915. The minimum Gasteiger partial charge on any atom is -0.359 e. The van der Waals surface area contributed by atoms with Gasteiger partial charge in [-0.15, -0.1) is 0 Å². The van der Waals surface area contributed by atoms with Crippen LogP contribution in [-0.4, -0.2) is 45.4 Å². The summed E-state index contributed by atoms with van der Waals surface area (Å²) in [4.78, 5) is 19.0. The topological polar surface area (TPSA) is 150 Å². The van der Waals surface area contributed by atoms with Crippen LogP contribution in [0.25, 0.3) is 22.2 Å². The molecule has 184 valence electrons. The third kappa shape index (κ3) is 4.27. The molecule has 1 aliphatic heterocycles. The number of amides is 1. The summed E-state index contributed by atoms with van der Waals surface area (Å²) < 4.78 is 20.2. The van der Waals surface area contributed by atoms with Crippen LogP contribution in [0.2, 0.25) is 0 Å². The third-order valence-corrected chi connectivity index (χ3v) is 6.41. The van der Waals surface area contributed by atoms with Crippen LogP contribution in [0.1, 0.15) is 42.1 Å². The molecule has 10 nitrogen and oxygen atoms in total. The molecule has 0 saturated carbocycles. The Morgan fingerprint density at radius 1 is 1.39 bits per heavy atom. The van der Waals surface area contributed by atoms with Gasteiger partial charge >= 0.3 is 0 Å². The summed E-state index contributed by atoms with van der Waals surface area (Å²) in [5, 5.41) is 23.8. The first-order chi connectivity index (χ1) is 17.3. The van der Waals surface area contributed by atoms with E-state index in [1.807, 2.05) is 6.07 Å². The SMILES string of the molecule is CC(C)(C#N)c1cc(C(=O)NCc2ccc(-c3ccnc4[nH]nc(N5CC[C@@H](N)C5)c34)cc2F)no1. The molecule has 1 aliphatic rings. The Hall–Kier alpha value is -4.30. The largest absolute Gasteiger partial charge is 0.359 e. The number of aromatic amines is 1. The molecule has 3 aromatic heterocycles.